The van der Waals surface area contributed by atoms with E-state index in [2.05, 4.69) is 0 Å². The fourth-order valence-electron chi connectivity index (χ4n) is 1.65. The van der Waals surface area contributed by atoms with Crippen molar-refractivity contribution in [1.82, 2.24) is 0 Å². The summed E-state index contributed by atoms with van der Waals surface area (Å²) < 4.78 is 51.1. The maximum atomic E-state index is 13.2. The standard InChI is InChI=1S/C14H6F2N2O2S/c15-13-3-1-11(5-9(13)7-17)21(19,20)12-2-4-14(16)10(6-12)8-18/h1-6H. The van der Waals surface area contributed by atoms with Crippen LogP contribution in [0.2, 0.25) is 0 Å². The van der Waals surface area contributed by atoms with Crippen LogP contribution in [-0.4, -0.2) is 8.42 Å². The van der Waals surface area contributed by atoms with E-state index in [1.807, 2.05) is 0 Å². The fourth-order valence-corrected chi connectivity index (χ4v) is 2.96. The highest BCUT2D eigenvalue weighted by Gasteiger charge is 2.20. The Hall–Kier alpha value is -2.77. The van der Waals surface area contributed by atoms with Crippen LogP contribution >= 0.6 is 0 Å². The second-order valence-electron chi connectivity index (χ2n) is 4.01. The zero-order chi connectivity index (χ0) is 15.6. The van der Waals surface area contributed by atoms with Gasteiger partial charge in [0.2, 0.25) is 9.84 Å². The summed E-state index contributed by atoms with van der Waals surface area (Å²) in [5.41, 5.74) is -0.836. The van der Waals surface area contributed by atoms with Gasteiger partial charge in [0.1, 0.15) is 23.8 Å². The van der Waals surface area contributed by atoms with Crippen LogP contribution in [-0.2, 0) is 9.84 Å². The summed E-state index contributed by atoms with van der Waals surface area (Å²) in [5, 5.41) is 17.4. The second kappa shape index (κ2) is 5.31. The van der Waals surface area contributed by atoms with Crippen LogP contribution in [0.1, 0.15) is 11.1 Å². The molecule has 4 nitrogen and oxygen atoms in total. The minimum Gasteiger partial charge on any atom is -0.219 e. The maximum absolute atomic E-state index is 13.2. The molecule has 2 aromatic rings. The van der Waals surface area contributed by atoms with Gasteiger partial charge in [-0.3, -0.25) is 0 Å². The van der Waals surface area contributed by atoms with E-state index in [-0.39, 0.29) is 9.79 Å². The van der Waals surface area contributed by atoms with Gasteiger partial charge in [-0.1, -0.05) is 0 Å². The zero-order valence-electron chi connectivity index (χ0n) is 10.3. The van der Waals surface area contributed by atoms with Crippen LogP contribution in [0.5, 0.6) is 0 Å². The summed E-state index contributed by atoms with van der Waals surface area (Å²) in [4.78, 5) is -0.619. The first-order valence-corrected chi connectivity index (χ1v) is 7.03. The number of hydrogen-bond acceptors (Lipinski definition) is 4. The summed E-state index contributed by atoms with van der Waals surface area (Å²) in [5.74, 6) is -1.68. The molecular weight excluding hydrogens is 298 g/mol. The molecule has 2 rings (SSSR count). The molecule has 7 heteroatoms. The highest BCUT2D eigenvalue weighted by atomic mass is 32.2. The van der Waals surface area contributed by atoms with Crippen LogP contribution in [0.3, 0.4) is 0 Å². The van der Waals surface area contributed by atoms with E-state index < -0.39 is 32.6 Å². The summed E-state index contributed by atoms with van der Waals surface area (Å²) in [6, 6.07) is 8.58. The van der Waals surface area contributed by atoms with Crippen LogP contribution < -0.4 is 0 Å². The minimum atomic E-state index is -4.07. The summed E-state index contributed by atoms with van der Waals surface area (Å²) in [6.07, 6.45) is 0. The molecule has 0 spiro atoms. The second-order valence-corrected chi connectivity index (χ2v) is 5.96. The number of sulfone groups is 1. The molecule has 0 aliphatic carbocycles. The molecule has 0 aliphatic heterocycles. The molecule has 0 saturated carbocycles. The first-order chi connectivity index (χ1) is 9.90. The normalized spacial score (nSPS) is 10.7. The number of nitriles is 2. The monoisotopic (exact) mass is 304 g/mol. The van der Waals surface area contributed by atoms with Gasteiger partial charge < -0.3 is 0 Å². The number of benzene rings is 2. The summed E-state index contributed by atoms with van der Waals surface area (Å²) in [6.45, 7) is 0. The van der Waals surface area contributed by atoms with E-state index in [9.17, 15) is 17.2 Å². The molecule has 0 heterocycles. The molecule has 0 saturated heterocycles. The van der Waals surface area contributed by atoms with Crippen LogP contribution in [0.15, 0.2) is 46.2 Å². The average molecular weight is 304 g/mol. The Labute approximate surface area is 119 Å². The van der Waals surface area contributed by atoms with E-state index in [1.165, 1.54) is 12.1 Å². The maximum Gasteiger partial charge on any atom is 0.206 e. The van der Waals surface area contributed by atoms with Crippen molar-refractivity contribution in [2.45, 2.75) is 9.79 Å². The van der Waals surface area contributed by atoms with E-state index in [0.717, 1.165) is 36.4 Å². The van der Waals surface area contributed by atoms with Gasteiger partial charge in [-0.2, -0.15) is 10.5 Å². The van der Waals surface area contributed by atoms with E-state index in [4.69, 9.17) is 10.5 Å². The molecule has 0 fully saturated rings. The van der Waals surface area contributed by atoms with Gasteiger partial charge in [-0.25, -0.2) is 17.2 Å². The third-order valence-corrected chi connectivity index (χ3v) is 4.49. The first kappa shape index (κ1) is 14.6. The molecule has 104 valence electrons. The fraction of sp³-hybridized carbons (Fsp3) is 0. The van der Waals surface area contributed by atoms with E-state index in [0.29, 0.717) is 0 Å². The number of rotatable bonds is 2. The predicted molar refractivity (Wildman–Crippen MR) is 67.7 cm³/mol. The van der Waals surface area contributed by atoms with Gasteiger partial charge in [-0.15, -0.1) is 0 Å². The molecule has 0 aliphatic rings. The van der Waals surface area contributed by atoms with E-state index >= 15 is 0 Å². The molecule has 2 aromatic carbocycles. The van der Waals surface area contributed by atoms with Crippen LogP contribution in [0.4, 0.5) is 8.78 Å². The van der Waals surface area contributed by atoms with Gasteiger partial charge in [-0.05, 0) is 36.4 Å². The largest absolute Gasteiger partial charge is 0.219 e. The molecule has 0 N–H and O–H groups in total. The highest BCUT2D eigenvalue weighted by Crippen LogP contribution is 2.24. The third-order valence-electron chi connectivity index (χ3n) is 2.74. The van der Waals surface area contributed by atoms with Gasteiger partial charge >= 0.3 is 0 Å². The van der Waals surface area contributed by atoms with Gasteiger partial charge in [0, 0.05) is 0 Å². The lowest BCUT2D eigenvalue weighted by Crippen LogP contribution is -2.04. The van der Waals surface area contributed by atoms with Crippen molar-refractivity contribution < 1.29 is 17.2 Å². The topological polar surface area (TPSA) is 81.7 Å². The van der Waals surface area contributed by atoms with Crippen molar-refractivity contribution in [1.29, 1.82) is 10.5 Å². The Morgan fingerprint density at radius 3 is 1.52 bits per heavy atom. The lowest BCUT2D eigenvalue weighted by atomic mass is 10.2. The van der Waals surface area contributed by atoms with Crippen molar-refractivity contribution in [2.24, 2.45) is 0 Å². The van der Waals surface area contributed by atoms with Crippen molar-refractivity contribution in [3.05, 3.63) is 59.2 Å². The SMILES string of the molecule is N#Cc1cc(S(=O)(=O)c2ccc(F)c(C#N)c2)ccc1F. The number of halogens is 2. The quantitative estimate of drug-likeness (QED) is 0.798. The molecule has 0 unspecified atom stereocenters. The molecule has 0 atom stereocenters. The molecule has 0 bridgehead atoms. The minimum absolute atomic E-state index is 0.309. The Kier molecular flexibility index (Phi) is 3.70. The van der Waals surface area contributed by atoms with Crippen molar-refractivity contribution >= 4 is 9.84 Å². The van der Waals surface area contributed by atoms with Gasteiger partial charge in [0.15, 0.2) is 0 Å². The molecule has 0 amide bonds. The Balaban J connectivity index is 2.63. The predicted octanol–water partition coefficient (Wildman–Crippen LogP) is 2.54. The van der Waals surface area contributed by atoms with Crippen molar-refractivity contribution in [3.8, 4) is 12.1 Å². The molecule has 21 heavy (non-hydrogen) atoms. The average Bonchev–Trinajstić information content (AvgIpc) is 2.47. The smallest absolute Gasteiger partial charge is 0.206 e. The van der Waals surface area contributed by atoms with Crippen LogP contribution in [0, 0.1) is 34.3 Å². The Morgan fingerprint density at radius 1 is 0.810 bits per heavy atom. The zero-order valence-corrected chi connectivity index (χ0v) is 11.2. The van der Waals surface area contributed by atoms with Gasteiger partial charge in [0.05, 0.1) is 20.9 Å². The van der Waals surface area contributed by atoms with Crippen LogP contribution in [0.25, 0.3) is 0 Å². The molecule has 0 radical (unpaired) electrons. The van der Waals surface area contributed by atoms with Crippen molar-refractivity contribution in [3.63, 3.8) is 0 Å². The van der Waals surface area contributed by atoms with Crippen molar-refractivity contribution in [2.75, 3.05) is 0 Å². The Morgan fingerprint density at radius 2 is 1.19 bits per heavy atom. The molecule has 0 aromatic heterocycles. The molecular formula is C14H6F2N2O2S. The number of hydrogen-bond donors (Lipinski definition) is 0. The first-order valence-electron chi connectivity index (χ1n) is 5.54. The summed E-state index contributed by atoms with van der Waals surface area (Å²) in [7, 11) is -4.07. The Bertz CT molecular complexity index is 840. The highest BCUT2D eigenvalue weighted by molar-refractivity contribution is 7.91. The van der Waals surface area contributed by atoms with E-state index in [1.54, 1.807) is 0 Å². The van der Waals surface area contributed by atoms with Gasteiger partial charge in [0.25, 0.3) is 0 Å². The number of nitrogens with zero attached hydrogens (tertiary/aromatic N) is 2. The lowest BCUT2D eigenvalue weighted by molar-refractivity contribution is 0.593. The lowest BCUT2D eigenvalue weighted by Gasteiger charge is -2.06. The summed E-state index contributed by atoms with van der Waals surface area (Å²) >= 11 is 0. The third kappa shape index (κ3) is 2.60.